The van der Waals surface area contributed by atoms with E-state index in [9.17, 15) is 0 Å². The fraction of sp³-hybridized carbons (Fsp3) is 0.692. The maximum absolute atomic E-state index is 4.36. The third kappa shape index (κ3) is 3.89. The van der Waals surface area contributed by atoms with Crippen LogP contribution in [-0.4, -0.2) is 16.5 Å². The fourth-order valence-corrected chi connectivity index (χ4v) is 1.94. The first-order valence-electron chi connectivity index (χ1n) is 6.29. The van der Waals surface area contributed by atoms with Crippen molar-refractivity contribution in [3.63, 3.8) is 0 Å². The van der Waals surface area contributed by atoms with Crippen molar-refractivity contribution >= 4 is 0 Å². The topological polar surface area (TPSA) is 37.8 Å². The summed E-state index contributed by atoms with van der Waals surface area (Å²) in [6.45, 7) is 7.70. The zero-order valence-corrected chi connectivity index (χ0v) is 10.6. The molecule has 0 saturated carbocycles. The van der Waals surface area contributed by atoms with E-state index in [0.29, 0.717) is 12.0 Å². The summed E-state index contributed by atoms with van der Waals surface area (Å²) in [5.74, 6) is 1.51. The monoisotopic (exact) mass is 221 g/mol. The normalized spacial score (nSPS) is 14.7. The zero-order valence-electron chi connectivity index (χ0n) is 10.6. The number of rotatable bonds is 7. The summed E-state index contributed by atoms with van der Waals surface area (Å²) >= 11 is 0. The van der Waals surface area contributed by atoms with Gasteiger partial charge in [-0.15, -0.1) is 0 Å². The molecule has 3 nitrogen and oxygen atoms in total. The first-order chi connectivity index (χ1) is 7.79. The van der Waals surface area contributed by atoms with Crippen LogP contribution in [0.2, 0.25) is 0 Å². The van der Waals surface area contributed by atoms with E-state index in [4.69, 9.17) is 0 Å². The minimum atomic E-state index is 0.293. The second-order valence-corrected chi connectivity index (χ2v) is 4.30. The second kappa shape index (κ2) is 7.34. The molecule has 0 fully saturated rings. The van der Waals surface area contributed by atoms with Gasteiger partial charge in [-0.3, -0.25) is 0 Å². The van der Waals surface area contributed by atoms with Crippen LogP contribution >= 0.6 is 0 Å². The van der Waals surface area contributed by atoms with Crippen LogP contribution in [0.3, 0.4) is 0 Å². The molecule has 0 amide bonds. The number of hydrogen-bond donors (Lipinski definition) is 1. The Balaban J connectivity index is 2.70. The lowest BCUT2D eigenvalue weighted by Crippen LogP contribution is -2.29. The summed E-state index contributed by atoms with van der Waals surface area (Å²) in [4.78, 5) is 8.72. The third-order valence-corrected chi connectivity index (χ3v) is 2.79. The molecule has 1 aromatic rings. The Kier molecular flexibility index (Phi) is 6.01. The van der Waals surface area contributed by atoms with Gasteiger partial charge in [-0.2, -0.15) is 0 Å². The Bertz CT molecular complexity index is 274. The molecule has 2 unspecified atom stereocenters. The Hall–Kier alpha value is -0.960. The van der Waals surface area contributed by atoms with E-state index in [-0.39, 0.29) is 0 Å². The van der Waals surface area contributed by atoms with E-state index in [1.165, 1.54) is 12.8 Å². The Morgan fingerprint density at radius 3 is 2.44 bits per heavy atom. The fourth-order valence-electron chi connectivity index (χ4n) is 1.94. The summed E-state index contributed by atoms with van der Waals surface area (Å²) in [6.07, 6.45) is 7.20. The van der Waals surface area contributed by atoms with Crippen LogP contribution in [0.4, 0.5) is 0 Å². The zero-order chi connectivity index (χ0) is 11.8. The van der Waals surface area contributed by atoms with Crippen LogP contribution in [0.15, 0.2) is 18.5 Å². The van der Waals surface area contributed by atoms with Crippen molar-refractivity contribution < 1.29 is 0 Å². The highest BCUT2D eigenvalue weighted by molar-refractivity contribution is 4.97. The van der Waals surface area contributed by atoms with Crippen molar-refractivity contribution in [1.29, 1.82) is 0 Å². The molecule has 0 aliphatic heterocycles. The van der Waals surface area contributed by atoms with Gasteiger partial charge >= 0.3 is 0 Å². The molecule has 1 rings (SSSR count). The third-order valence-electron chi connectivity index (χ3n) is 2.79. The van der Waals surface area contributed by atoms with E-state index in [0.717, 1.165) is 18.8 Å². The van der Waals surface area contributed by atoms with Crippen LogP contribution in [0.25, 0.3) is 0 Å². The van der Waals surface area contributed by atoms with Gasteiger partial charge in [0.05, 0.1) is 6.04 Å². The minimum Gasteiger partial charge on any atom is -0.307 e. The molecule has 1 heterocycles. The first-order valence-corrected chi connectivity index (χ1v) is 6.29. The van der Waals surface area contributed by atoms with Crippen molar-refractivity contribution in [3.8, 4) is 0 Å². The van der Waals surface area contributed by atoms with E-state index in [1.807, 2.05) is 18.5 Å². The lowest BCUT2D eigenvalue weighted by molar-refractivity contribution is 0.349. The van der Waals surface area contributed by atoms with Crippen LogP contribution in [0.1, 0.15) is 51.9 Å². The number of nitrogens with one attached hydrogen (secondary N) is 1. The molecule has 0 aliphatic carbocycles. The standard InChI is InChI=1S/C13H23N3/c1-4-7-11(3)12(14-8-5-2)13-15-9-6-10-16-13/h6,9-12,14H,4-5,7-8H2,1-3H3. The average Bonchev–Trinajstić information content (AvgIpc) is 2.31. The molecule has 0 spiro atoms. The van der Waals surface area contributed by atoms with Crippen molar-refractivity contribution in [1.82, 2.24) is 15.3 Å². The average molecular weight is 221 g/mol. The van der Waals surface area contributed by atoms with E-state index < -0.39 is 0 Å². The van der Waals surface area contributed by atoms with Gasteiger partial charge in [0, 0.05) is 12.4 Å². The predicted octanol–water partition coefficient (Wildman–Crippen LogP) is 2.95. The Morgan fingerprint density at radius 2 is 1.88 bits per heavy atom. The molecular formula is C13H23N3. The molecule has 0 bridgehead atoms. The molecule has 1 N–H and O–H groups in total. The van der Waals surface area contributed by atoms with Gasteiger partial charge < -0.3 is 5.32 Å². The van der Waals surface area contributed by atoms with Crippen molar-refractivity contribution in [3.05, 3.63) is 24.3 Å². The molecule has 90 valence electrons. The van der Waals surface area contributed by atoms with E-state index in [2.05, 4.69) is 36.1 Å². The quantitative estimate of drug-likeness (QED) is 0.769. The summed E-state index contributed by atoms with van der Waals surface area (Å²) in [6, 6.07) is 2.16. The molecule has 0 saturated heterocycles. The lowest BCUT2D eigenvalue weighted by atomic mass is 9.96. The van der Waals surface area contributed by atoms with E-state index >= 15 is 0 Å². The second-order valence-electron chi connectivity index (χ2n) is 4.30. The van der Waals surface area contributed by atoms with Gasteiger partial charge in [0.1, 0.15) is 5.82 Å². The Labute approximate surface area is 98.7 Å². The van der Waals surface area contributed by atoms with E-state index in [1.54, 1.807) is 0 Å². The first kappa shape index (κ1) is 13.1. The minimum absolute atomic E-state index is 0.293. The maximum Gasteiger partial charge on any atom is 0.145 e. The summed E-state index contributed by atoms with van der Waals surface area (Å²) in [5.41, 5.74) is 0. The molecule has 0 aromatic carbocycles. The highest BCUT2D eigenvalue weighted by Crippen LogP contribution is 2.22. The van der Waals surface area contributed by atoms with Gasteiger partial charge in [0.25, 0.3) is 0 Å². The van der Waals surface area contributed by atoms with Crippen LogP contribution < -0.4 is 5.32 Å². The van der Waals surface area contributed by atoms with Crippen molar-refractivity contribution in [2.24, 2.45) is 5.92 Å². The molecule has 0 radical (unpaired) electrons. The highest BCUT2D eigenvalue weighted by atomic mass is 15.0. The smallest absolute Gasteiger partial charge is 0.145 e. The molecule has 3 heteroatoms. The maximum atomic E-state index is 4.36. The summed E-state index contributed by atoms with van der Waals surface area (Å²) in [7, 11) is 0. The molecular weight excluding hydrogens is 198 g/mol. The number of nitrogens with zero attached hydrogens (tertiary/aromatic N) is 2. The van der Waals surface area contributed by atoms with Gasteiger partial charge in [-0.1, -0.05) is 27.2 Å². The van der Waals surface area contributed by atoms with Gasteiger partial charge in [-0.05, 0) is 31.4 Å². The number of hydrogen-bond acceptors (Lipinski definition) is 3. The highest BCUT2D eigenvalue weighted by Gasteiger charge is 2.19. The molecule has 1 aromatic heterocycles. The van der Waals surface area contributed by atoms with Crippen molar-refractivity contribution in [2.45, 2.75) is 46.1 Å². The van der Waals surface area contributed by atoms with Crippen molar-refractivity contribution in [2.75, 3.05) is 6.54 Å². The summed E-state index contributed by atoms with van der Waals surface area (Å²) in [5, 5.41) is 3.55. The van der Waals surface area contributed by atoms with Gasteiger partial charge in [0.2, 0.25) is 0 Å². The molecule has 16 heavy (non-hydrogen) atoms. The predicted molar refractivity (Wildman–Crippen MR) is 67.1 cm³/mol. The lowest BCUT2D eigenvalue weighted by Gasteiger charge is -2.23. The van der Waals surface area contributed by atoms with Crippen LogP contribution in [0, 0.1) is 5.92 Å². The number of aromatic nitrogens is 2. The largest absolute Gasteiger partial charge is 0.307 e. The Morgan fingerprint density at radius 1 is 1.19 bits per heavy atom. The SMILES string of the molecule is CCCNC(c1ncccn1)C(C)CCC. The van der Waals surface area contributed by atoms with Crippen LogP contribution in [-0.2, 0) is 0 Å². The van der Waals surface area contributed by atoms with Gasteiger partial charge in [-0.25, -0.2) is 9.97 Å². The van der Waals surface area contributed by atoms with Gasteiger partial charge in [0.15, 0.2) is 0 Å². The molecule has 0 aliphatic rings. The van der Waals surface area contributed by atoms with Crippen LogP contribution in [0.5, 0.6) is 0 Å². The molecule has 2 atom stereocenters. The summed E-state index contributed by atoms with van der Waals surface area (Å²) < 4.78 is 0.